The topological polar surface area (TPSA) is 35.5 Å². The van der Waals surface area contributed by atoms with Gasteiger partial charge in [-0.2, -0.15) is 0 Å². The van der Waals surface area contributed by atoms with Gasteiger partial charge in [0.2, 0.25) is 0 Å². The van der Waals surface area contributed by atoms with E-state index in [1.807, 2.05) is 0 Å². The van der Waals surface area contributed by atoms with Gasteiger partial charge in [0.05, 0.1) is 26.4 Å². The maximum absolute atomic E-state index is 10.5. The zero-order valence-electron chi connectivity index (χ0n) is 8.54. The molecule has 14 heavy (non-hydrogen) atoms. The molecule has 0 atom stereocenters. The zero-order chi connectivity index (χ0) is 10.6. The number of carbonyl (C=O) groups is 1. The number of carbonyl (C=O) groups excluding carboxylic acids is 1. The molecule has 0 aromatic carbocycles. The first-order valence-corrected chi connectivity index (χ1v) is 4.70. The van der Waals surface area contributed by atoms with E-state index in [0.717, 1.165) is 26.4 Å². The molecule has 0 bridgehead atoms. The summed E-state index contributed by atoms with van der Waals surface area (Å²) in [5.41, 5.74) is 0. The quantitative estimate of drug-likeness (QED) is 0.645. The van der Waals surface area contributed by atoms with Crippen molar-refractivity contribution in [2.45, 2.75) is 12.8 Å². The highest BCUT2D eigenvalue weighted by Gasteiger charge is 1.94. The molecule has 1 saturated heterocycles. The molecule has 0 unspecified atom stereocenters. The average Bonchev–Trinajstić information content (AvgIpc) is 2.22. The average molecular weight is 198 g/mol. The van der Waals surface area contributed by atoms with E-state index in [0.29, 0.717) is 12.8 Å². The maximum atomic E-state index is 10.5. The molecule has 0 radical (unpaired) electrons. The molecule has 3 nitrogen and oxygen atoms in total. The van der Waals surface area contributed by atoms with Gasteiger partial charge in [0, 0.05) is 12.8 Å². The van der Waals surface area contributed by atoms with E-state index < -0.39 is 0 Å². The van der Waals surface area contributed by atoms with E-state index in [-0.39, 0.29) is 5.78 Å². The van der Waals surface area contributed by atoms with Gasteiger partial charge < -0.3 is 9.47 Å². The van der Waals surface area contributed by atoms with Crippen LogP contribution in [0.1, 0.15) is 12.8 Å². The zero-order valence-corrected chi connectivity index (χ0v) is 8.54. The molecule has 80 valence electrons. The summed E-state index contributed by atoms with van der Waals surface area (Å²) in [6, 6.07) is 0. The van der Waals surface area contributed by atoms with Crippen molar-refractivity contribution in [3.8, 4) is 0 Å². The number of rotatable bonds is 4. The Morgan fingerprint density at radius 2 is 1.36 bits per heavy atom. The third kappa shape index (κ3) is 9.16. The third-order valence-electron chi connectivity index (χ3n) is 1.49. The molecule has 0 spiro atoms. The van der Waals surface area contributed by atoms with Crippen molar-refractivity contribution in [3.05, 3.63) is 25.3 Å². The second kappa shape index (κ2) is 10.2. The molecule has 3 heteroatoms. The van der Waals surface area contributed by atoms with E-state index in [4.69, 9.17) is 9.47 Å². The van der Waals surface area contributed by atoms with E-state index >= 15 is 0 Å². The van der Waals surface area contributed by atoms with Crippen molar-refractivity contribution in [2.75, 3.05) is 26.4 Å². The highest BCUT2D eigenvalue weighted by atomic mass is 16.6. The molecule has 0 amide bonds. The fourth-order valence-electron chi connectivity index (χ4n) is 0.845. The monoisotopic (exact) mass is 198 g/mol. The van der Waals surface area contributed by atoms with Crippen LogP contribution in [-0.4, -0.2) is 32.2 Å². The van der Waals surface area contributed by atoms with Gasteiger partial charge in [-0.3, -0.25) is 4.79 Å². The fourth-order valence-corrected chi connectivity index (χ4v) is 0.845. The van der Waals surface area contributed by atoms with E-state index in [1.54, 1.807) is 12.2 Å². The SMILES string of the molecule is C1COCCO1.C=CCC(=O)CC=C. The molecule has 1 heterocycles. The molecule has 1 fully saturated rings. The highest BCUT2D eigenvalue weighted by Crippen LogP contribution is 1.89. The molecular weight excluding hydrogens is 180 g/mol. The Kier molecular flexibility index (Phi) is 9.48. The van der Waals surface area contributed by atoms with Crippen molar-refractivity contribution in [2.24, 2.45) is 0 Å². The summed E-state index contributed by atoms with van der Waals surface area (Å²) in [6.45, 7) is 9.97. The lowest BCUT2D eigenvalue weighted by Gasteiger charge is -2.09. The first kappa shape index (κ1) is 13.1. The molecule has 1 aliphatic heterocycles. The number of ether oxygens (including phenoxy) is 2. The molecule has 0 aliphatic carbocycles. The summed E-state index contributed by atoms with van der Waals surface area (Å²) in [5, 5.41) is 0. The van der Waals surface area contributed by atoms with Gasteiger partial charge >= 0.3 is 0 Å². The van der Waals surface area contributed by atoms with Crippen molar-refractivity contribution in [1.82, 2.24) is 0 Å². The van der Waals surface area contributed by atoms with Crippen LogP contribution in [0.15, 0.2) is 25.3 Å². The normalized spacial score (nSPS) is 14.9. The first-order chi connectivity index (χ1) is 6.81. The molecule has 0 aromatic heterocycles. The summed E-state index contributed by atoms with van der Waals surface area (Å²) in [6.07, 6.45) is 4.13. The smallest absolute Gasteiger partial charge is 0.140 e. The summed E-state index contributed by atoms with van der Waals surface area (Å²) in [4.78, 5) is 10.5. The van der Waals surface area contributed by atoms with Gasteiger partial charge in [-0.15, -0.1) is 13.2 Å². The summed E-state index contributed by atoms with van der Waals surface area (Å²) in [7, 11) is 0. The van der Waals surface area contributed by atoms with Gasteiger partial charge in [-0.1, -0.05) is 12.2 Å². The van der Waals surface area contributed by atoms with Gasteiger partial charge in [0.1, 0.15) is 5.78 Å². The van der Waals surface area contributed by atoms with Crippen LogP contribution < -0.4 is 0 Å². The van der Waals surface area contributed by atoms with Crippen LogP contribution in [0.5, 0.6) is 0 Å². The van der Waals surface area contributed by atoms with Crippen LogP contribution in [0.25, 0.3) is 0 Å². The Balaban J connectivity index is 0.000000249. The second-order valence-electron chi connectivity index (χ2n) is 2.75. The molecule has 0 aromatic rings. The Morgan fingerprint density at radius 3 is 1.57 bits per heavy atom. The van der Waals surface area contributed by atoms with Crippen LogP contribution in [0.4, 0.5) is 0 Å². The largest absolute Gasteiger partial charge is 0.377 e. The van der Waals surface area contributed by atoms with E-state index in [2.05, 4.69) is 13.2 Å². The van der Waals surface area contributed by atoms with Gasteiger partial charge in [0.15, 0.2) is 0 Å². The number of hydrogen-bond donors (Lipinski definition) is 0. The van der Waals surface area contributed by atoms with Crippen LogP contribution in [0, 0.1) is 0 Å². The van der Waals surface area contributed by atoms with Gasteiger partial charge in [-0.05, 0) is 0 Å². The molecule has 0 N–H and O–H groups in total. The van der Waals surface area contributed by atoms with Crippen LogP contribution in [0.2, 0.25) is 0 Å². The predicted octanol–water partition coefficient (Wildman–Crippen LogP) is 1.74. The van der Waals surface area contributed by atoms with Gasteiger partial charge in [-0.25, -0.2) is 0 Å². The standard InChI is InChI=1S/C7H10O.C4H8O2/c1-3-5-7(8)6-4-2;1-2-6-4-3-5-1/h3-4H,1-2,5-6H2;1-4H2. The van der Waals surface area contributed by atoms with Crippen molar-refractivity contribution < 1.29 is 14.3 Å². The number of ketones is 1. The van der Waals surface area contributed by atoms with Crippen LogP contribution in [0.3, 0.4) is 0 Å². The van der Waals surface area contributed by atoms with Crippen molar-refractivity contribution in [1.29, 1.82) is 0 Å². The molecule has 1 aliphatic rings. The Labute approximate surface area is 85.4 Å². The summed E-state index contributed by atoms with van der Waals surface area (Å²) in [5.74, 6) is 0.176. The molecule has 0 saturated carbocycles. The molecular formula is C11H18O3. The minimum Gasteiger partial charge on any atom is -0.377 e. The predicted molar refractivity (Wildman–Crippen MR) is 56.3 cm³/mol. The van der Waals surface area contributed by atoms with Gasteiger partial charge in [0.25, 0.3) is 0 Å². The van der Waals surface area contributed by atoms with Crippen molar-refractivity contribution >= 4 is 5.78 Å². The van der Waals surface area contributed by atoms with Crippen LogP contribution >= 0.6 is 0 Å². The van der Waals surface area contributed by atoms with Crippen molar-refractivity contribution in [3.63, 3.8) is 0 Å². The lowest BCUT2D eigenvalue weighted by Crippen LogP contribution is -2.16. The first-order valence-electron chi connectivity index (χ1n) is 4.70. The fraction of sp³-hybridized carbons (Fsp3) is 0.545. The van der Waals surface area contributed by atoms with E-state index in [1.165, 1.54) is 0 Å². The minimum absolute atomic E-state index is 0.176. The van der Waals surface area contributed by atoms with E-state index in [9.17, 15) is 4.79 Å². The lowest BCUT2D eigenvalue weighted by atomic mass is 10.2. The van der Waals surface area contributed by atoms with Crippen LogP contribution in [-0.2, 0) is 14.3 Å². The Bertz CT molecular complexity index is 148. The highest BCUT2D eigenvalue weighted by molar-refractivity contribution is 5.80. The number of allylic oxidation sites excluding steroid dienone is 2. The minimum atomic E-state index is 0.176. The number of Topliss-reactive ketones (excluding diaryl/α,β-unsaturated/α-hetero) is 1. The Morgan fingerprint density at radius 1 is 1.00 bits per heavy atom. The summed E-state index contributed by atoms with van der Waals surface area (Å²) >= 11 is 0. The summed E-state index contributed by atoms with van der Waals surface area (Å²) < 4.78 is 9.89. The second-order valence-corrected chi connectivity index (χ2v) is 2.75. The maximum Gasteiger partial charge on any atom is 0.140 e. The lowest BCUT2D eigenvalue weighted by molar-refractivity contribution is -0.117. The molecule has 1 rings (SSSR count). The Hall–Kier alpha value is -0.930. The number of hydrogen-bond acceptors (Lipinski definition) is 3. The third-order valence-corrected chi connectivity index (χ3v) is 1.49.